The lowest BCUT2D eigenvalue weighted by Crippen LogP contribution is -2.41. The summed E-state index contributed by atoms with van der Waals surface area (Å²) in [5.41, 5.74) is 2.01. The number of nitrogens with zero attached hydrogens (tertiary/aromatic N) is 1. The Labute approximate surface area is 203 Å². The number of hydrogen-bond donors (Lipinski definition) is 1. The van der Waals surface area contributed by atoms with E-state index in [4.69, 9.17) is 0 Å². The molecule has 1 N–H and O–H groups in total. The maximum Gasteiger partial charge on any atom is 0.416 e. The number of fused-ring (bicyclic) bond motifs is 1. The van der Waals surface area contributed by atoms with E-state index in [1.54, 1.807) is 12.1 Å². The van der Waals surface area contributed by atoms with Gasteiger partial charge in [0, 0.05) is 18.7 Å². The maximum atomic E-state index is 15.0. The molecule has 0 aromatic heterocycles. The smallest absolute Gasteiger partial charge is 0.303 e. The van der Waals surface area contributed by atoms with Gasteiger partial charge in [-0.05, 0) is 85.9 Å². The van der Waals surface area contributed by atoms with E-state index >= 15 is 0 Å². The summed E-state index contributed by atoms with van der Waals surface area (Å²) in [5, 5.41) is -0.408. The summed E-state index contributed by atoms with van der Waals surface area (Å²) in [5.74, 6) is -0.333. The molecule has 0 amide bonds. The Balaban J connectivity index is 1.41. The Morgan fingerprint density at radius 1 is 1.06 bits per heavy atom. The number of hydrogen-bond acceptors (Lipinski definition) is 3. The van der Waals surface area contributed by atoms with Crippen molar-refractivity contribution in [3.05, 3.63) is 70.0 Å². The number of benzene rings is 2. The fraction of sp³-hybridized carbons (Fsp3) is 0.538. The molecule has 0 radical (unpaired) electrons. The number of nitrogens with one attached hydrogen (secondary N) is 1. The van der Waals surface area contributed by atoms with E-state index in [1.165, 1.54) is 18.2 Å². The van der Waals surface area contributed by atoms with Gasteiger partial charge in [0.15, 0.2) is 0 Å². The van der Waals surface area contributed by atoms with Gasteiger partial charge in [0.2, 0.25) is 10.0 Å². The highest BCUT2D eigenvalue weighted by molar-refractivity contribution is 7.90. The highest BCUT2D eigenvalue weighted by Gasteiger charge is 2.37. The average Bonchev–Trinajstić information content (AvgIpc) is 3.03. The molecule has 1 heterocycles. The summed E-state index contributed by atoms with van der Waals surface area (Å²) in [6.45, 7) is 2.71. The van der Waals surface area contributed by atoms with E-state index < -0.39 is 32.8 Å². The van der Waals surface area contributed by atoms with Crippen LogP contribution in [0.2, 0.25) is 0 Å². The molecule has 2 fully saturated rings. The molecular formula is C26H30F4N2O2S. The molecule has 190 valence electrons. The van der Waals surface area contributed by atoms with Crippen LogP contribution >= 0.6 is 0 Å². The van der Waals surface area contributed by atoms with Gasteiger partial charge in [0.05, 0.1) is 10.8 Å². The van der Waals surface area contributed by atoms with Crippen LogP contribution in [0, 0.1) is 11.7 Å². The van der Waals surface area contributed by atoms with Gasteiger partial charge in [-0.1, -0.05) is 30.7 Å². The fourth-order valence-corrected chi connectivity index (χ4v) is 7.03. The summed E-state index contributed by atoms with van der Waals surface area (Å²) in [7, 11) is -3.49. The highest BCUT2D eigenvalue weighted by atomic mass is 32.2. The molecule has 2 atom stereocenters. The fourth-order valence-electron chi connectivity index (χ4n) is 5.48. The molecular weight excluding hydrogens is 480 g/mol. The average molecular weight is 511 g/mol. The van der Waals surface area contributed by atoms with Crippen LogP contribution in [-0.4, -0.2) is 38.2 Å². The van der Waals surface area contributed by atoms with Crippen LogP contribution in [0.4, 0.5) is 17.6 Å². The minimum absolute atomic E-state index is 0.0586. The van der Waals surface area contributed by atoms with Crippen LogP contribution in [0.1, 0.15) is 59.4 Å². The van der Waals surface area contributed by atoms with Crippen molar-refractivity contribution in [2.24, 2.45) is 5.92 Å². The van der Waals surface area contributed by atoms with Crippen molar-refractivity contribution in [2.45, 2.75) is 62.4 Å². The Morgan fingerprint density at radius 3 is 2.46 bits per heavy atom. The second-order valence-electron chi connectivity index (χ2n) is 10.2. The summed E-state index contributed by atoms with van der Waals surface area (Å²) in [6, 6.07) is 8.66. The molecule has 2 unspecified atom stereocenters. The SMILES string of the molecule is O=S(=O)(NCc1cc2c(cc1F)CC(CN1CCC1)C2Cc1cccc(C(F)(F)F)c1)C1CCC1. The minimum Gasteiger partial charge on any atom is -0.303 e. The van der Waals surface area contributed by atoms with Crippen molar-refractivity contribution in [1.82, 2.24) is 9.62 Å². The predicted molar refractivity (Wildman–Crippen MR) is 126 cm³/mol. The van der Waals surface area contributed by atoms with Crippen molar-refractivity contribution in [2.75, 3.05) is 19.6 Å². The van der Waals surface area contributed by atoms with Gasteiger partial charge in [-0.15, -0.1) is 0 Å². The van der Waals surface area contributed by atoms with E-state index in [1.807, 2.05) is 0 Å². The lowest BCUT2D eigenvalue weighted by atomic mass is 9.85. The van der Waals surface area contributed by atoms with Crippen LogP contribution in [0.5, 0.6) is 0 Å². The Bertz CT molecular complexity index is 1190. The first-order chi connectivity index (χ1) is 16.6. The topological polar surface area (TPSA) is 49.4 Å². The minimum atomic E-state index is -4.41. The molecule has 2 aromatic carbocycles. The molecule has 4 nitrogen and oxygen atoms in total. The van der Waals surface area contributed by atoms with Crippen LogP contribution in [0.25, 0.3) is 0 Å². The van der Waals surface area contributed by atoms with Crippen LogP contribution < -0.4 is 4.72 Å². The van der Waals surface area contributed by atoms with Gasteiger partial charge in [-0.25, -0.2) is 17.5 Å². The Morgan fingerprint density at radius 2 is 1.83 bits per heavy atom. The van der Waals surface area contributed by atoms with Crippen LogP contribution in [0.15, 0.2) is 36.4 Å². The van der Waals surface area contributed by atoms with Crippen molar-refractivity contribution in [3.63, 3.8) is 0 Å². The first kappa shape index (κ1) is 24.7. The molecule has 35 heavy (non-hydrogen) atoms. The number of sulfonamides is 1. The van der Waals surface area contributed by atoms with E-state index in [2.05, 4.69) is 9.62 Å². The lowest BCUT2D eigenvalue weighted by Gasteiger charge is -2.35. The normalized spacial score (nSPS) is 23.1. The quantitative estimate of drug-likeness (QED) is 0.508. The van der Waals surface area contributed by atoms with Crippen LogP contribution in [0.3, 0.4) is 0 Å². The standard InChI is InChI=1S/C26H30F4N2O2S/c27-25-14-18-12-20(16-32-8-3-9-32)23(11-17-4-1-5-21(10-17)26(28,29)30)24(18)13-19(25)15-31-35(33,34)22-6-2-7-22/h1,4-5,10,13-14,20,22-23,31H,2-3,6-9,11-12,15-16H2. The zero-order chi connectivity index (χ0) is 24.8. The first-order valence-corrected chi connectivity index (χ1v) is 13.8. The third-order valence-electron chi connectivity index (χ3n) is 7.87. The highest BCUT2D eigenvalue weighted by Crippen LogP contribution is 2.43. The van der Waals surface area contributed by atoms with E-state index in [0.717, 1.165) is 49.7 Å². The van der Waals surface area contributed by atoms with Gasteiger partial charge in [0.25, 0.3) is 0 Å². The summed E-state index contributed by atoms with van der Waals surface area (Å²) in [6.07, 6.45) is -0.0476. The van der Waals surface area contributed by atoms with Crippen molar-refractivity contribution in [3.8, 4) is 0 Å². The van der Waals surface area contributed by atoms with E-state index in [0.29, 0.717) is 31.2 Å². The molecule has 2 aromatic rings. The lowest BCUT2D eigenvalue weighted by molar-refractivity contribution is -0.137. The van der Waals surface area contributed by atoms with Gasteiger partial charge in [-0.3, -0.25) is 0 Å². The zero-order valence-corrected chi connectivity index (χ0v) is 20.3. The van der Waals surface area contributed by atoms with Crippen molar-refractivity contribution < 1.29 is 26.0 Å². The monoisotopic (exact) mass is 510 g/mol. The van der Waals surface area contributed by atoms with Gasteiger partial charge < -0.3 is 4.90 Å². The van der Waals surface area contributed by atoms with Gasteiger partial charge in [-0.2, -0.15) is 13.2 Å². The summed E-state index contributed by atoms with van der Waals surface area (Å²) in [4.78, 5) is 2.33. The second kappa shape index (κ2) is 9.48. The second-order valence-corrected chi connectivity index (χ2v) is 12.2. The van der Waals surface area contributed by atoms with Crippen LogP contribution in [-0.2, 0) is 35.6 Å². The number of halogens is 4. The summed E-state index contributed by atoms with van der Waals surface area (Å²) < 4.78 is 82.2. The zero-order valence-electron chi connectivity index (χ0n) is 19.5. The number of alkyl halides is 3. The molecule has 0 spiro atoms. The Hall–Kier alpha value is -1.97. The van der Waals surface area contributed by atoms with Gasteiger partial charge >= 0.3 is 6.18 Å². The molecule has 3 aliphatic rings. The molecule has 1 saturated carbocycles. The first-order valence-electron chi connectivity index (χ1n) is 12.3. The number of rotatable bonds is 8. The van der Waals surface area contributed by atoms with E-state index in [9.17, 15) is 26.0 Å². The third-order valence-corrected chi connectivity index (χ3v) is 9.76. The van der Waals surface area contributed by atoms with E-state index in [-0.39, 0.29) is 23.9 Å². The number of likely N-dealkylation sites (tertiary alicyclic amines) is 1. The molecule has 5 rings (SSSR count). The maximum absolute atomic E-state index is 15.0. The van der Waals surface area contributed by atoms with Gasteiger partial charge in [0.1, 0.15) is 5.82 Å². The van der Waals surface area contributed by atoms with Crippen molar-refractivity contribution >= 4 is 10.0 Å². The molecule has 9 heteroatoms. The molecule has 2 aliphatic carbocycles. The van der Waals surface area contributed by atoms with Crippen molar-refractivity contribution in [1.29, 1.82) is 0 Å². The largest absolute Gasteiger partial charge is 0.416 e. The summed E-state index contributed by atoms with van der Waals surface area (Å²) >= 11 is 0. The third kappa shape index (κ3) is 5.27. The molecule has 1 saturated heterocycles. The molecule has 0 bridgehead atoms. The molecule has 1 aliphatic heterocycles. The Kier molecular flexibility index (Phi) is 6.70. The predicted octanol–water partition coefficient (Wildman–Crippen LogP) is 5.02.